The molecule has 0 spiro atoms. The number of hydrogen-bond acceptors (Lipinski definition) is 7. The van der Waals surface area contributed by atoms with Gasteiger partial charge in [-0.1, -0.05) is 32.9 Å². The predicted octanol–water partition coefficient (Wildman–Crippen LogP) is 3.06. The van der Waals surface area contributed by atoms with Crippen molar-refractivity contribution in [2.75, 3.05) is 39.8 Å². The molecule has 1 aromatic rings. The summed E-state index contributed by atoms with van der Waals surface area (Å²) in [7, 11) is 1.64. The number of piperazine rings is 1. The number of rotatable bonds is 7. The Labute approximate surface area is 222 Å². The maximum absolute atomic E-state index is 13.4. The fourth-order valence-electron chi connectivity index (χ4n) is 4.91. The molecule has 2 fully saturated rings. The molecule has 9 nitrogen and oxygen atoms in total. The number of aliphatic hydroxyl groups is 1. The van der Waals surface area contributed by atoms with E-state index in [4.69, 9.17) is 9.47 Å². The third-order valence-corrected chi connectivity index (χ3v) is 6.77. The molecule has 0 aromatic heterocycles. The fourth-order valence-corrected chi connectivity index (χ4v) is 4.91. The summed E-state index contributed by atoms with van der Waals surface area (Å²) in [4.78, 5) is 31.5. The highest BCUT2D eigenvalue weighted by molar-refractivity contribution is 5.77. The number of nitrogens with zero attached hydrogens (tertiary/aromatic N) is 3. The van der Waals surface area contributed by atoms with E-state index in [1.54, 1.807) is 12.0 Å². The van der Waals surface area contributed by atoms with E-state index in [0.29, 0.717) is 52.1 Å². The van der Waals surface area contributed by atoms with E-state index in [9.17, 15) is 14.7 Å². The summed E-state index contributed by atoms with van der Waals surface area (Å²) in [5, 5.41) is 14.6. The summed E-state index contributed by atoms with van der Waals surface area (Å²) in [6.07, 6.45) is 0.106. The lowest BCUT2D eigenvalue weighted by molar-refractivity contribution is -0.136. The zero-order chi connectivity index (χ0) is 27.4. The second-order valence-electron chi connectivity index (χ2n) is 12.4. The Kier molecular flexibility index (Phi) is 9.47. The average Bonchev–Trinajstić information content (AvgIpc) is 3.30. The Morgan fingerprint density at radius 2 is 1.81 bits per heavy atom. The van der Waals surface area contributed by atoms with Gasteiger partial charge in [0, 0.05) is 57.8 Å². The van der Waals surface area contributed by atoms with Crippen molar-refractivity contribution < 1.29 is 24.2 Å². The Bertz CT molecular complexity index is 918. The van der Waals surface area contributed by atoms with Crippen LogP contribution in [0, 0.1) is 5.41 Å². The van der Waals surface area contributed by atoms with Crippen LogP contribution in [0.2, 0.25) is 0 Å². The molecule has 208 valence electrons. The molecule has 37 heavy (non-hydrogen) atoms. The fraction of sp³-hybridized carbons (Fsp3) is 0.714. The Balaban J connectivity index is 1.62. The summed E-state index contributed by atoms with van der Waals surface area (Å²) >= 11 is 0. The van der Waals surface area contributed by atoms with Crippen LogP contribution in [-0.4, -0.2) is 95.6 Å². The Morgan fingerprint density at radius 1 is 1.14 bits per heavy atom. The average molecular weight is 519 g/mol. The highest BCUT2D eigenvalue weighted by Crippen LogP contribution is 2.27. The van der Waals surface area contributed by atoms with Crippen molar-refractivity contribution in [3.05, 3.63) is 29.8 Å². The number of carbonyl (C=O) groups is 2. The van der Waals surface area contributed by atoms with Crippen LogP contribution in [-0.2, 0) is 16.1 Å². The number of carbonyl (C=O) groups excluding carboxylic acids is 2. The Morgan fingerprint density at radius 3 is 2.41 bits per heavy atom. The third-order valence-electron chi connectivity index (χ3n) is 6.77. The van der Waals surface area contributed by atoms with Gasteiger partial charge in [0.2, 0.25) is 5.91 Å². The van der Waals surface area contributed by atoms with Crippen LogP contribution in [0.3, 0.4) is 0 Å². The normalized spacial score (nSPS) is 22.0. The van der Waals surface area contributed by atoms with E-state index >= 15 is 0 Å². The minimum atomic E-state index is -0.692. The van der Waals surface area contributed by atoms with Gasteiger partial charge >= 0.3 is 6.09 Å². The van der Waals surface area contributed by atoms with Crippen molar-refractivity contribution >= 4 is 12.0 Å². The lowest BCUT2D eigenvalue weighted by atomic mass is 9.91. The first-order valence-corrected chi connectivity index (χ1v) is 13.3. The molecule has 1 unspecified atom stereocenters. The summed E-state index contributed by atoms with van der Waals surface area (Å²) in [5.41, 5.74) is 0.365. The molecule has 3 atom stereocenters. The predicted molar refractivity (Wildman–Crippen MR) is 143 cm³/mol. The van der Waals surface area contributed by atoms with E-state index in [-0.39, 0.29) is 29.5 Å². The number of ether oxygens (including phenoxy) is 2. The molecule has 0 saturated carbocycles. The maximum Gasteiger partial charge on any atom is 0.410 e. The molecule has 2 amide bonds. The topological polar surface area (TPSA) is 94.6 Å². The number of aliphatic hydroxyl groups excluding tert-OH is 1. The van der Waals surface area contributed by atoms with E-state index < -0.39 is 11.8 Å². The van der Waals surface area contributed by atoms with Crippen molar-refractivity contribution in [2.45, 2.75) is 84.8 Å². The van der Waals surface area contributed by atoms with Gasteiger partial charge in [-0.3, -0.25) is 9.69 Å². The molecule has 0 aliphatic carbocycles. The molecular weight excluding hydrogens is 472 g/mol. The molecule has 9 heteroatoms. The lowest BCUT2D eigenvalue weighted by Crippen LogP contribution is -2.56. The molecule has 2 heterocycles. The molecule has 1 aromatic carbocycles. The first kappa shape index (κ1) is 29.2. The highest BCUT2D eigenvalue weighted by atomic mass is 16.6. The number of hydrogen-bond donors (Lipinski definition) is 2. The smallest absolute Gasteiger partial charge is 0.410 e. The number of amides is 2. The van der Waals surface area contributed by atoms with Crippen LogP contribution < -0.4 is 10.1 Å². The van der Waals surface area contributed by atoms with Crippen LogP contribution in [0.1, 0.15) is 59.9 Å². The molecular formula is C28H46N4O5. The zero-order valence-electron chi connectivity index (χ0n) is 23.6. The first-order chi connectivity index (χ1) is 17.3. The Hall–Kier alpha value is -2.36. The lowest BCUT2D eigenvalue weighted by Gasteiger charge is -2.39. The quantitative estimate of drug-likeness (QED) is 0.573. The van der Waals surface area contributed by atoms with Crippen molar-refractivity contribution in [1.29, 1.82) is 0 Å². The summed E-state index contributed by atoms with van der Waals surface area (Å²) in [5.74, 6) is 0.882. The zero-order valence-corrected chi connectivity index (χ0v) is 23.6. The monoisotopic (exact) mass is 518 g/mol. The largest absolute Gasteiger partial charge is 0.497 e. The van der Waals surface area contributed by atoms with Crippen LogP contribution in [0.15, 0.2) is 24.3 Å². The number of methoxy groups -OCH3 is 1. The van der Waals surface area contributed by atoms with Gasteiger partial charge in [-0.2, -0.15) is 0 Å². The molecule has 2 aliphatic rings. The number of benzene rings is 1. The number of nitrogens with one attached hydrogen (secondary N) is 1. The summed E-state index contributed by atoms with van der Waals surface area (Å²) < 4.78 is 10.9. The van der Waals surface area contributed by atoms with Crippen LogP contribution in [0.25, 0.3) is 0 Å². The van der Waals surface area contributed by atoms with E-state index in [1.165, 1.54) is 0 Å². The van der Waals surface area contributed by atoms with Crippen molar-refractivity contribution in [3.63, 3.8) is 0 Å². The second-order valence-corrected chi connectivity index (χ2v) is 12.4. The van der Waals surface area contributed by atoms with Gasteiger partial charge in [0.25, 0.3) is 0 Å². The van der Waals surface area contributed by atoms with Gasteiger partial charge in [-0.15, -0.1) is 0 Å². The van der Waals surface area contributed by atoms with Crippen molar-refractivity contribution in [3.8, 4) is 5.75 Å². The highest BCUT2D eigenvalue weighted by Gasteiger charge is 2.39. The molecule has 2 aliphatic heterocycles. The minimum absolute atomic E-state index is 0.0243. The molecule has 0 bridgehead atoms. The van der Waals surface area contributed by atoms with Gasteiger partial charge in [0.15, 0.2) is 0 Å². The molecule has 2 saturated heterocycles. The van der Waals surface area contributed by atoms with E-state index in [0.717, 1.165) is 11.3 Å². The van der Waals surface area contributed by atoms with Crippen LogP contribution >= 0.6 is 0 Å². The van der Waals surface area contributed by atoms with Gasteiger partial charge in [0.05, 0.1) is 7.11 Å². The summed E-state index contributed by atoms with van der Waals surface area (Å²) in [6.45, 7) is 15.1. The van der Waals surface area contributed by atoms with Crippen LogP contribution in [0.5, 0.6) is 5.75 Å². The third kappa shape index (κ3) is 8.58. The van der Waals surface area contributed by atoms with Crippen molar-refractivity contribution in [1.82, 2.24) is 20.0 Å². The van der Waals surface area contributed by atoms with Gasteiger partial charge < -0.3 is 29.7 Å². The molecule has 0 radical (unpaired) electrons. The van der Waals surface area contributed by atoms with Gasteiger partial charge in [0.1, 0.15) is 17.6 Å². The van der Waals surface area contributed by atoms with E-state index in [1.807, 2.05) is 54.8 Å². The maximum atomic E-state index is 13.4. The van der Waals surface area contributed by atoms with E-state index in [2.05, 4.69) is 26.1 Å². The first-order valence-electron chi connectivity index (χ1n) is 13.3. The molecule has 2 N–H and O–H groups in total. The van der Waals surface area contributed by atoms with Gasteiger partial charge in [-0.05, 0) is 50.3 Å². The second kappa shape index (κ2) is 12.0. The summed E-state index contributed by atoms with van der Waals surface area (Å²) in [6, 6.07) is 7.64. The van der Waals surface area contributed by atoms with Gasteiger partial charge in [-0.25, -0.2) is 4.79 Å². The van der Waals surface area contributed by atoms with Crippen molar-refractivity contribution in [2.24, 2.45) is 5.41 Å². The SMILES string of the molecule is COc1cccc(CN(C(=O)CC(C)(C)C)[C@@H]2CN[C@H](C(O)N3CCN(C(=O)OC(C)(C)C)CC3)C2)c1. The standard InChI is InChI=1S/C28H46N4O5/c1-27(2,3)17-24(33)32(19-20-9-8-10-22(15-20)36-7)21-16-23(29-18-21)25(34)30-11-13-31(14-12-30)26(35)37-28(4,5)6/h8-10,15,21,23,25,29,34H,11-14,16-19H2,1-7H3/t21-,23-,25?/m0/s1. The molecule has 3 rings (SSSR count). The van der Waals surface area contributed by atoms with Crippen LogP contribution in [0.4, 0.5) is 4.79 Å². The minimum Gasteiger partial charge on any atom is -0.497 e.